The van der Waals surface area contributed by atoms with E-state index in [4.69, 9.17) is 15.5 Å². The highest BCUT2D eigenvalue weighted by atomic mass is 16.5. The Hall–Kier alpha value is -3.15. The predicted octanol–water partition coefficient (Wildman–Crippen LogP) is 2.98. The summed E-state index contributed by atoms with van der Waals surface area (Å²) in [5, 5.41) is 23.9. The van der Waals surface area contributed by atoms with Crippen molar-refractivity contribution in [3.63, 3.8) is 0 Å². The summed E-state index contributed by atoms with van der Waals surface area (Å²) in [5.74, 6) is 2.80. The highest BCUT2D eigenvalue weighted by molar-refractivity contribution is 5.85. The Labute approximate surface area is 193 Å². The third-order valence-electron chi connectivity index (χ3n) is 6.72. The van der Waals surface area contributed by atoms with Crippen molar-refractivity contribution in [1.29, 1.82) is 5.26 Å². The van der Waals surface area contributed by atoms with E-state index in [0.29, 0.717) is 28.7 Å². The smallest absolute Gasteiger partial charge is 0.138 e. The molecule has 33 heavy (non-hydrogen) atoms. The Bertz CT molecular complexity index is 1200. The highest BCUT2D eigenvalue weighted by Gasteiger charge is 2.45. The molecule has 0 radical (unpaired) electrons. The molecule has 8 heteroatoms. The number of anilines is 1. The van der Waals surface area contributed by atoms with Gasteiger partial charge in [-0.05, 0) is 63.6 Å². The SMILES string of the molecule is CC(C)(O)COc1cc(-c2ccc(N3C[C@@H]4C[C@@](C)(N)C[C@@H]4C3)nc2)c2c(C#N)cnn2c1. The van der Waals surface area contributed by atoms with Crippen molar-refractivity contribution in [2.24, 2.45) is 17.6 Å². The quantitative estimate of drug-likeness (QED) is 0.619. The summed E-state index contributed by atoms with van der Waals surface area (Å²) >= 11 is 0. The predicted molar refractivity (Wildman–Crippen MR) is 126 cm³/mol. The molecule has 1 saturated carbocycles. The van der Waals surface area contributed by atoms with Gasteiger partial charge < -0.3 is 20.5 Å². The molecule has 3 aromatic heterocycles. The van der Waals surface area contributed by atoms with E-state index in [1.54, 1.807) is 30.8 Å². The number of nitrogens with zero attached hydrogens (tertiary/aromatic N) is 5. The van der Waals surface area contributed by atoms with Gasteiger partial charge in [-0.3, -0.25) is 0 Å². The van der Waals surface area contributed by atoms with Crippen LogP contribution in [-0.4, -0.2) is 50.5 Å². The summed E-state index contributed by atoms with van der Waals surface area (Å²) in [6, 6.07) is 8.17. The third kappa shape index (κ3) is 4.26. The van der Waals surface area contributed by atoms with Crippen molar-refractivity contribution >= 4 is 11.3 Å². The minimum Gasteiger partial charge on any atom is -0.489 e. The number of nitrogens with two attached hydrogens (primary N) is 1. The van der Waals surface area contributed by atoms with E-state index in [1.165, 1.54) is 0 Å². The van der Waals surface area contributed by atoms with Crippen molar-refractivity contribution in [3.8, 4) is 22.9 Å². The van der Waals surface area contributed by atoms with Gasteiger partial charge in [-0.25, -0.2) is 9.50 Å². The number of rotatable bonds is 5. The second-order valence-electron chi connectivity index (χ2n) is 10.5. The van der Waals surface area contributed by atoms with Crippen LogP contribution in [0.4, 0.5) is 5.82 Å². The van der Waals surface area contributed by atoms with Crippen LogP contribution in [0.2, 0.25) is 0 Å². The van der Waals surface area contributed by atoms with Crippen molar-refractivity contribution in [3.05, 3.63) is 42.4 Å². The molecule has 1 saturated heterocycles. The molecule has 8 nitrogen and oxygen atoms in total. The van der Waals surface area contributed by atoms with Crippen LogP contribution in [0.1, 0.15) is 39.2 Å². The number of nitriles is 1. The molecule has 4 heterocycles. The van der Waals surface area contributed by atoms with Crippen LogP contribution in [0.15, 0.2) is 36.8 Å². The molecule has 0 amide bonds. The first-order chi connectivity index (χ1) is 15.6. The lowest BCUT2D eigenvalue weighted by Gasteiger charge is -2.23. The fourth-order valence-electron chi connectivity index (χ4n) is 5.34. The maximum absolute atomic E-state index is 10.0. The number of pyridine rings is 2. The van der Waals surface area contributed by atoms with Gasteiger partial charge in [-0.1, -0.05) is 0 Å². The monoisotopic (exact) mass is 446 g/mol. The Morgan fingerprint density at radius 1 is 1.27 bits per heavy atom. The van der Waals surface area contributed by atoms with E-state index in [1.807, 2.05) is 24.4 Å². The second-order valence-corrected chi connectivity index (χ2v) is 10.5. The van der Waals surface area contributed by atoms with Gasteiger partial charge in [0.25, 0.3) is 0 Å². The van der Waals surface area contributed by atoms with E-state index < -0.39 is 5.60 Å². The number of aromatic nitrogens is 3. The molecule has 3 atom stereocenters. The summed E-state index contributed by atoms with van der Waals surface area (Å²) in [6.07, 6.45) is 7.26. The number of hydrogen-bond donors (Lipinski definition) is 2. The summed E-state index contributed by atoms with van der Waals surface area (Å²) in [6.45, 7) is 7.68. The Balaban J connectivity index is 1.44. The summed E-state index contributed by atoms with van der Waals surface area (Å²) in [7, 11) is 0. The van der Waals surface area contributed by atoms with Crippen molar-refractivity contribution in [1.82, 2.24) is 14.6 Å². The minimum atomic E-state index is -0.963. The molecule has 0 unspecified atom stereocenters. The lowest BCUT2D eigenvalue weighted by atomic mass is 10.00. The van der Waals surface area contributed by atoms with Crippen LogP contribution in [0.3, 0.4) is 0 Å². The van der Waals surface area contributed by atoms with E-state index >= 15 is 0 Å². The summed E-state index contributed by atoms with van der Waals surface area (Å²) < 4.78 is 7.46. The number of hydrogen-bond acceptors (Lipinski definition) is 7. The Morgan fingerprint density at radius 2 is 2.00 bits per heavy atom. The highest BCUT2D eigenvalue weighted by Crippen LogP contribution is 2.43. The first-order valence-electron chi connectivity index (χ1n) is 11.4. The standard InChI is InChI=1S/C25H30N6O2/c1-24(2,32)15-33-20-6-21(23-19(9-26)11-29-31(23)14-20)16-4-5-22(28-10-16)30-12-17-7-25(3,27)8-18(17)13-30/h4-6,10-11,14,17-18,32H,7-8,12-13,15,27H2,1-3H3/t17-,18+,25+. The van der Waals surface area contributed by atoms with Crippen molar-refractivity contribution in [2.75, 3.05) is 24.6 Å². The van der Waals surface area contributed by atoms with E-state index in [-0.39, 0.29) is 12.1 Å². The maximum Gasteiger partial charge on any atom is 0.138 e. The zero-order valence-electron chi connectivity index (χ0n) is 19.3. The Kier molecular flexibility index (Phi) is 5.07. The van der Waals surface area contributed by atoms with Gasteiger partial charge in [0.15, 0.2) is 0 Å². The van der Waals surface area contributed by atoms with Crippen LogP contribution in [0.5, 0.6) is 5.75 Å². The molecule has 0 bridgehead atoms. The lowest BCUT2D eigenvalue weighted by Crippen LogP contribution is -2.35. The molecular formula is C25H30N6O2. The molecule has 0 spiro atoms. The minimum absolute atomic E-state index is 0.0356. The van der Waals surface area contributed by atoms with Gasteiger partial charge in [-0.15, -0.1) is 0 Å². The largest absolute Gasteiger partial charge is 0.489 e. The van der Waals surface area contributed by atoms with E-state index in [2.05, 4.69) is 23.0 Å². The Morgan fingerprint density at radius 3 is 2.61 bits per heavy atom. The molecule has 0 aromatic carbocycles. The first kappa shape index (κ1) is 21.7. The second kappa shape index (κ2) is 7.72. The van der Waals surface area contributed by atoms with E-state index in [9.17, 15) is 10.4 Å². The van der Waals surface area contributed by atoms with Crippen LogP contribution in [-0.2, 0) is 0 Å². The third-order valence-corrected chi connectivity index (χ3v) is 6.72. The van der Waals surface area contributed by atoms with Crippen molar-refractivity contribution < 1.29 is 9.84 Å². The van der Waals surface area contributed by atoms with Gasteiger partial charge in [0.05, 0.1) is 29.1 Å². The molecule has 3 aromatic rings. The fraction of sp³-hybridized carbons (Fsp3) is 0.480. The van der Waals surface area contributed by atoms with Gasteiger partial charge in [0.2, 0.25) is 0 Å². The molecule has 2 aliphatic rings. The molecule has 1 aliphatic carbocycles. The average Bonchev–Trinajstić information content (AvgIpc) is 3.41. The fourth-order valence-corrected chi connectivity index (χ4v) is 5.34. The van der Waals surface area contributed by atoms with Crippen LogP contribution in [0, 0.1) is 23.2 Å². The van der Waals surface area contributed by atoms with Gasteiger partial charge in [0, 0.05) is 36.0 Å². The van der Waals surface area contributed by atoms with Crippen LogP contribution < -0.4 is 15.4 Å². The van der Waals surface area contributed by atoms with Gasteiger partial charge >= 0.3 is 0 Å². The van der Waals surface area contributed by atoms with Gasteiger partial charge in [0.1, 0.15) is 24.2 Å². The number of ether oxygens (including phenoxy) is 1. The maximum atomic E-state index is 10.0. The molecule has 5 rings (SSSR count). The topological polar surface area (TPSA) is 113 Å². The van der Waals surface area contributed by atoms with Crippen LogP contribution >= 0.6 is 0 Å². The van der Waals surface area contributed by atoms with Gasteiger partial charge in [-0.2, -0.15) is 10.4 Å². The zero-order valence-corrected chi connectivity index (χ0v) is 19.3. The normalized spacial score (nSPS) is 24.8. The summed E-state index contributed by atoms with van der Waals surface area (Å²) in [4.78, 5) is 7.12. The van der Waals surface area contributed by atoms with Crippen molar-refractivity contribution in [2.45, 2.75) is 44.8 Å². The molecule has 2 fully saturated rings. The number of aliphatic hydroxyl groups is 1. The number of fused-ring (bicyclic) bond motifs is 2. The zero-order chi connectivity index (χ0) is 23.4. The molecule has 172 valence electrons. The van der Waals surface area contributed by atoms with Crippen LogP contribution in [0.25, 0.3) is 16.6 Å². The first-order valence-corrected chi connectivity index (χ1v) is 11.4. The summed E-state index contributed by atoms with van der Waals surface area (Å²) in [5.41, 5.74) is 8.25. The molecule has 3 N–H and O–H groups in total. The van der Waals surface area contributed by atoms with E-state index in [0.717, 1.165) is 42.9 Å². The lowest BCUT2D eigenvalue weighted by molar-refractivity contribution is 0.0283. The average molecular weight is 447 g/mol. The molecular weight excluding hydrogens is 416 g/mol. The molecule has 1 aliphatic heterocycles.